The van der Waals surface area contributed by atoms with Crippen molar-refractivity contribution in [3.63, 3.8) is 0 Å². The van der Waals surface area contributed by atoms with Crippen molar-refractivity contribution < 1.29 is 0 Å². The quantitative estimate of drug-likeness (QED) is 0.212. The van der Waals surface area contributed by atoms with Crippen LogP contribution in [0.1, 0.15) is 11.3 Å². The van der Waals surface area contributed by atoms with Crippen molar-refractivity contribution in [3.8, 4) is 50.7 Å². The monoisotopic (exact) mass is 604 g/mol. The zero-order valence-electron chi connectivity index (χ0n) is 25.4. The Labute approximate surface area is 271 Å². The maximum atomic E-state index is 5.12. The first kappa shape index (κ1) is 27.0. The summed E-state index contributed by atoms with van der Waals surface area (Å²) in [7, 11) is 0. The first-order chi connectivity index (χ1) is 23.3. The van der Waals surface area contributed by atoms with Gasteiger partial charge in [-0.05, 0) is 96.2 Å². The highest BCUT2D eigenvalue weighted by Crippen LogP contribution is 2.35. The molecule has 1 aliphatic heterocycles. The largest absolute Gasteiger partial charge is 0.387 e. The molecule has 6 heteroatoms. The summed E-state index contributed by atoms with van der Waals surface area (Å²) < 4.78 is 2.34. The van der Waals surface area contributed by atoms with E-state index >= 15 is 0 Å². The van der Waals surface area contributed by atoms with Gasteiger partial charge in [0.05, 0.1) is 34.0 Å². The van der Waals surface area contributed by atoms with Crippen molar-refractivity contribution in [3.05, 3.63) is 157 Å². The minimum Gasteiger partial charge on any atom is -0.387 e. The second kappa shape index (κ2) is 11.2. The Morgan fingerprint density at radius 2 is 1.40 bits per heavy atom. The fourth-order valence-corrected chi connectivity index (χ4v) is 6.51. The summed E-state index contributed by atoms with van der Waals surface area (Å²) in [6.45, 7) is 0.819. The fourth-order valence-electron chi connectivity index (χ4n) is 6.51. The number of hydrogen-bond donors (Lipinski definition) is 1. The number of benzene rings is 3. The molecule has 1 N–H and O–H groups in total. The molecular formula is C41H28N6. The van der Waals surface area contributed by atoms with Crippen molar-refractivity contribution in [2.24, 2.45) is 0 Å². The molecule has 3 aromatic carbocycles. The van der Waals surface area contributed by atoms with E-state index in [1.165, 1.54) is 22.2 Å². The lowest BCUT2D eigenvalue weighted by Crippen LogP contribution is -2.10. The van der Waals surface area contributed by atoms with Gasteiger partial charge in [0.1, 0.15) is 0 Å². The average Bonchev–Trinajstić information content (AvgIpc) is 3.49. The van der Waals surface area contributed by atoms with Gasteiger partial charge in [-0.3, -0.25) is 4.98 Å². The van der Waals surface area contributed by atoms with E-state index in [1.807, 2.05) is 42.7 Å². The molecule has 47 heavy (non-hydrogen) atoms. The van der Waals surface area contributed by atoms with Crippen LogP contribution in [0.15, 0.2) is 146 Å². The number of nitrogens with one attached hydrogen (secondary N) is 1. The number of nitrogens with zero attached hydrogens (tertiary/aromatic N) is 5. The van der Waals surface area contributed by atoms with E-state index in [0.717, 1.165) is 68.3 Å². The molecule has 1 aliphatic rings. The van der Waals surface area contributed by atoms with Gasteiger partial charge in [-0.15, -0.1) is 0 Å². The van der Waals surface area contributed by atoms with Crippen LogP contribution >= 0.6 is 0 Å². The Morgan fingerprint density at radius 1 is 0.553 bits per heavy atom. The van der Waals surface area contributed by atoms with Crippen molar-refractivity contribution in [2.45, 2.75) is 6.54 Å². The molecule has 0 radical (unpaired) electrons. The Kier molecular flexibility index (Phi) is 6.42. The van der Waals surface area contributed by atoms with Crippen LogP contribution in [-0.2, 0) is 6.54 Å². The normalized spacial score (nSPS) is 12.3. The zero-order valence-corrected chi connectivity index (χ0v) is 25.4. The lowest BCUT2D eigenvalue weighted by atomic mass is 9.98. The molecule has 0 saturated carbocycles. The third-order valence-electron chi connectivity index (χ3n) is 8.79. The standard InChI is InChI=1S/C41H28N6/c1-2-12-39-33(10-1)34-26-42-22-19-40(34)47(39)32-16-13-27(14-17-32)37-24-31(25-38(45-37)36-11-3-4-20-43-36)29-7-5-8-30(23-29)35-18-15-28-9-6-21-44-41(28)46-35/h1-25,42H,26H2. The molecule has 6 heterocycles. The van der Waals surface area contributed by atoms with Crippen LogP contribution in [0.4, 0.5) is 0 Å². The maximum absolute atomic E-state index is 5.12. The molecule has 0 amide bonds. The highest BCUT2D eigenvalue weighted by molar-refractivity contribution is 5.91. The van der Waals surface area contributed by atoms with Crippen LogP contribution in [0, 0.1) is 0 Å². The molecule has 0 aliphatic carbocycles. The minimum absolute atomic E-state index is 0.739. The van der Waals surface area contributed by atoms with E-state index in [0.29, 0.717) is 0 Å². The van der Waals surface area contributed by atoms with E-state index in [9.17, 15) is 0 Å². The Bertz CT molecular complexity index is 2460. The molecule has 5 aromatic heterocycles. The molecule has 0 saturated heterocycles. The van der Waals surface area contributed by atoms with Crippen LogP contribution in [0.2, 0.25) is 0 Å². The number of fused-ring (bicyclic) bond motifs is 4. The van der Waals surface area contributed by atoms with Gasteiger partial charge in [0.2, 0.25) is 0 Å². The van der Waals surface area contributed by atoms with Gasteiger partial charge in [0.25, 0.3) is 0 Å². The van der Waals surface area contributed by atoms with Gasteiger partial charge in [-0.25, -0.2) is 15.0 Å². The first-order valence-electron chi connectivity index (χ1n) is 15.7. The van der Waals surface area contributed by atoms with E-state index in [1.54, 1.807) is 6.20 Å². The number of pyridine rings is 4. The minimum atomic E-state index is 0.739. The van der Waals surface area contributed by atoms with Gasteiger partial charge in [0.15, 0.2) is 5.65 Å². The van der Waals surface area contributed by atoms with Crippen LogP contribution < -0.4 is 5.32 Å². The number of hydrogen-bond acceptors (Lipinski definition) is 5. The van der Waals surface area contributed by atoms with Crippen molar-refractivity contribution in [2.75, 3.05) is 0 Å². The van der Waals surface area contributed by atoms with Gasteiger partial charge < -0.3 is 9.88 Å². The predicted molar refractivity (Wildman–Crippen MR) is 190 cm³/mol. The summed E-state index contributed by atoms with van der Waals surface area (Å²) in [5.41, 5.74) is 13.2. The Balaban J connectivity index is 1.14. The van der Waals surface area contributed by atoms with Gasteiger partial charge in [-0.2, -0.15) is 0 Å². The molecule has 0 unspecified atom stereocenters. The van der Waals surface area contributed by atoms with Crippen LogP contribution in [-0.4, -0.2) is 24.5 Å². The molecule has 0 spiro atoms. The zero-order chi connectivity index (χ0) is 31.2. The topological polar surface area (TPSA) is 68.5 Å². The molecule has 0 fully saturated rings. The SMILES string of the molecule is C1=Cc2c(c3ccccc3n2-c2ccc(-c3cc(-c4cccc(-c5ccc6cccnc6n5)c4)cc(-c4ccccn4)n3)cc2)CN1. The Hall–Kier alpha value is -6.40. The summed E-state index contributed by atoms with van der Waals surface area (Å²) in [5.74, 6) is 0. The number of para-hydroxylation sites is 1. The summed E-state index contributed by atoms with van der Waals surface area (Å²) in [6, 6.07) is 44.1. The predicted octanol–water partition coefficient (Wildman–Crippen LogP) is 9.11. The Morgan fingerprint density at radius 3 is 2.32 bits per heavy atom. The fraction of sp³-hybridized carbons (Fsp3) is 0.0244. The highest BCUT2D eigenvalue weighted by atomic mass is 15.0. The average molecular weight is 605 g/mol. The van der Waals surface area contributed by atoms with Crippen molar-refractivity contribution in [1.29, 1.82) is 0 Å². The third-order valence-corrected chi connectivity index (χ3v) is 8.79. The molecule has 9 rings (SSSR count). The highest BCUT2D eigenvalue weighted by Gasteiger charge is 2.18. The molecule has 0 bridgehead atoms. The second-order valence-corrected chi connectivity index (χ2v) is 11.6. The molecule has 8 aromatic rings. The lowest BCUT2D eigenvalue weighted by molar-refractivity contribution is 0.855. The van der Waals surface area contributed by atoms with Crippen LogP contribution in [0.5, 0.6) is 0 Å². The van der Waals surface area contributed by atoms with Gasteiger partial charge >= 0.3 is 0 Å². The molecule has 222 valence electrons. The van der Waals surface area contributed by atoms with E-state index in [2.05, 4.69) is 123 Å². The molecular weight excluding hydrogens is 576 g/mol. The number of aromatic nitrogens is 5. The maximum Gasteiger partial charge on any atom is 0.159 e. The van der Waals surface area contributed by atoms with E-state index in [-0.39, 0.29) is 0 Å². The van der Waals surface area contributed by atoms with Crippen molar-refractivity contribution in [1.82, 2.24) is 29.8 Å². The molecule has 6 nitrogen and oxygen atoms in total. The molecule has 0 atom stereocenters. The summed E-state index contributed by atoms with van der Waals surface area (Å²) >= 11 is 0. The second-order valence-electron chi connectivity index (χ2n) is 11.6. The lowest BCUT2D eigenvalue weighted by Gasteiger charge is -2.14. The van der Waals surface area contributed by atoms with Gasteiger partial charge in [-0.1, -0.05) is 54.6 Å². The summed E-state index contributed by atoms with van der Waals surface area (Å²) in [5, 5.41) is 5.67. The third kappa shape index (κ3) is 4.84. The smallest absolute Gasteiger partial charge is 0.159 e. The first-order valence-corrected chi connectivity index (χ1v) is 15.7. The van der Waals surface area contributed by atoms with Gasteiger partial charge in [0, 0.05) is 52.1 Å². The van der Waals surface area contributed by atoms with E-state index in [4.69, 9.17) is 9.97 Å². The van der Waals surface area contributed by atoms with Crippen molar-refractivity contribution >= 4 is 28.0 Å². The van der Waals surface area contributed by atoms with E-state index < -0.39 is 0 Å². The summed E-state index contributed by atoms with van der Waals surface area (Å²) in [4.78, 5) is 19.1. The van der Waals surface area contributed by atoms with Crippen LogP contribution in [0.25, 0.3) is 78.7 Å². The number of rotatable bonds is 5. The van der Waals surface area contributed by atoms with Crippen LogP contribution in [0.3, 0.4) is 0 Å². The summed E-state index contributed by atoms with van der Waals surface area (Å²) in [6.07, 6.45) is 7.78.